The van der Waals surface area contributed by atoms with Crippen LogP contribution < -0.4 is 0 Å². The molecule has 0 radical (unpaired) electrons. The molecule has 0 aliphatic heterocycles. The fourth-order valence-corrected chi connectivity index (χ4v) is 10.5. The van der Waals surface area contributed by atoms with Crippen LogP contribution in [0.2, 0.25) is 0 Å². The topological polar surface area (TPSA) is 80.9 Å². The molecular formula is C30H52O4. The Morgan fingerprint density at radius 3 is 2.29 bits per heavy atom. The molecule has 0 aromatic rings. The van der Waals surface area contributed by atoms with Crippen molar-refractivity contribution in [2.45, 2.75) is 124 Å². The molecule has 4 saturated carbocycles. The molecule has 196 valence electrons. The van der Waals surface area contributed by atoms with E-state index in [1.54, 1.807) is 0 Å². The van der Waals surface area contributed by atoms with E-state index in [0.29, 0.717) is 11.8 Å². The Balaban J connectivity index is 1.63. The number of aliphatic hydroxyl groups is 4. The van der Waals surface area contributed by atoms with Crippen LogP contribution in [0.25, 0.3) is 0 Å². The molecule has 0 unspecified atom stereocenters. The Morgan fingerprint density at radius 2 is 1.65 bits per heavy atom. The number of fused-ring (bicyclic) bond motifs is 5. The predicted octanol–water partition coefficient (Wildman–Crippen LogP) is 5.47. The van der Waals surface area contributed by atoms with Crippen LogP contribution >= 0.6 is 0 Å². The van der Waals surface area contributed by atoms with E-state index in [4.69, 9.17) is 0 Å². The second-order valence-electron chi connectivity index (χ2n) is 14.5. The summed E-state index contributed by atoms with van der Waals surface area (Å²) in [7, 11) is 0. The predicted molar refractivity (Wildman–Crippen MR) is 137 cm³/mol. The minimum atomic E-state index is -0.714. The van der Waals surface area contributed by atoms with Crippen LogP contribution in [0, 0.1) is 45.3 Å². The summed E-state index contributed by atoms with van der Waals surface area (Å²) in [6.07, 6.45) is 10.0. The van der Waals surface area contributed by atoms with E-state index in [1.807, 2.05) is 13.8 Å². The lowest BCUT2D eigenvalue weighted by atomic mass is 9.35. The first kappa shape index (κ1) is 26.6. The Bertz CT molecular complexity index is 802. The van der Waals surface area contributed by atoms with Crippen molar-refractivity contribution in [1.82, 2.24) is 0 Å². The van der Waals surface area contributed by atoms with E-state index in [0.717, 1.165) is 56.9 Å². The molecule has 0 aromatic heterocycles. The second kappa shape index (κ2) is 8.57. The molecule has 4 heteroatoms. The fraction of sp³-hybridized carbons (Fsp3) is 0.933. The lowest BCUT2D eigenvalue weighted by Crippen LogP contribution is -2.68. The summed E-state index contributed by atoms with van der Waals surface area (Å²) < 4.78 is 0. The molecule has 4 N–H and O–H groups in total. The molecular weight excluding hydrogens is 424 g/mol. The van der Waals surface area contributed by atoms with Gasteiger partial charge in [-0.1, -0.05) is 46.3 Å². The molecule has 0 aromatic carbocycles. The number of aliphatic hydroxyl groups excluding tert-OH is 3. The third kappa shape index (κ3) is 3.68. The van der Waals surface area contributed by atoms with Gasteiger partial charge in [-0.3, -0.25) is 0 Å². The maximum absolute atomic E-state index is 11.7. The lowest BCUT2D eigenvalue weighted by molar-refractivity contribution is -0.258. The summed E-state index contributed by atoms with van der Waals surface area (Å²) in [6.45, 7) is 15.8. The highest BCUT2D eigenvalue weighted by Gasteiger charge is 2.71. The zero-order valence-electron chi connectivity index (χ0n) is 22.9. The van der Waals surface area contributed by atoms with Gasteiger partial charge in [-0.15, -0.1) is 0 Å². The van der Waals surface area contributed by atoms with Gasteiger partial charge in [-0.25, -0.2) is 0 Å². The van der Waals surface area contributed by atoms with Crippen LogP contribution in [0.15, 0.2) is 11.6 Å². The average molecular weight is 477 g/mol. The number of rotatable bonds is 5. The van der Waals surface area contributed by atoms with Crippen LogP contribution in [-0.4, -0.2) is 44.8 Å². The maximum atomic E-state index is 11.7. The van der Waals surface area contributed by atoms with E-state index in [2.05, 4.69) is 40.7 Å². The largest absolute Gasteiger partial charge is 0.393 e. The molecule has 0 amide bonds. The SMILES string of the molecule is C/C(=C/CC[C@](C)(O)[C@H]1CC[C@]2(C)[C@@H]1CC[C@@H]1[C@@]3(C)CC[C@H](O)C(C)(C)[C@@H]3[C@@H](O)C[C@]12C)CO. The maximum Gasteiger partial charge on any atom is 0.0653 e. The third-order valence-corrected chi connectivity index (χ3v) is 12.5. The van der Waals surface area contributed by atoms with Gasteiger partial charge in [0, 0.05) is 0 Å². The van der Waals surface area contributed by atoms with Gasteiger partial charge in [0.2, 0.25) is 0 Å². The highest BCUT2D eigenvalue weighted by Crippen LogP contribution is 2.75. The highest BCUT2D eigenvalue weighted by atomic mass is 16.3. The van der Waals surface area contributed by atoms with Crippen LogP contribution in [0.5, 0.6) is 0 Å². The van der Waals surface area contributed by atoms with Crippen LogP contribution in [-0.2, 0) is 0 Å². The van der Waals surface area contributed by atoms with Crippen LogP contribution in [0.1, 0.15) is 106 Å². The van der Waals surface area contributed by atoms with Gasteiger partial charge >= 0.3 is 0 Å². The van der Waals surface area contributed by atoms with Gasteiger partial charge < -0.3 is 20.4 Å². The van der Waals surface area contributed by atoms with Crippen molar-refractivity contribution >= 4 is 0 Å². The van der Waals surface area contributed by atoms with Crippen molar-refractivity contribution in [1.29, 1.82) is 0 Å². The molecule has 0 bridgehead atoms. The summed E-state index contributed by atoms with van der Waals surface area (Å²) >= 11 is 0. The first-order chi connectivity index (χ1) is 15.6. The molecule has 4 nitrogen and oxygen atoms in total. The highest BCUT2D eigenvalue weighted by molar-refractivity contribution is 5.20. The first-order valence-corrected chi connectivity index (χ1v) is 14.0. The van der Waals surface area contributed by atoms with Gasteiger partial charge in [-0.05, 0) is 117 Å². The Kier molecular flexibility index (Phi) is 6.71. The molecule has 10 atom stereocenters. The standard InChI is InChI=1S/C30H52O4/c1-19(18-31)9-8-14-30(7,34)21-12-16-28(5)20(21)10-11-23-27(4)15-13-24(33)26(2,3)25(27)22(32)17-29(23,28)6/h9,20-25,31-34H,8,10-18H2,1-7H3/b19-9-/t20-,21+,22+,23-,24+,25+,27-,28-,29-,30+/m1/s1. The van der Waals surface area contributed by atoms with E-state index in [-0.39, 0.29) is 46.2 Å². The Morgan fingerprint density at radius 1 is 0.971 bits per heavy atom. The Labute approximate surface area is 208 Å². The molecule has 4 aliphatic rings. The smallest absolute Gasteiger partial charge is 0.0653 e. The normalized spacial score (nSPS) is 50.1. The fourth-order valence-electron chi connectivity index (χ4n) is 10.5. The molecule has 0 heterocycles. The van der Waals surface area contributed by atoms with Crippen molar-refractivity contribution in [3.8, 4) is 0 Å². The summed E-state index contributed by atoms with van der Waals surface area (Å²) in [6, 6.07) is 0. The third-order valence-electron chi connectivity index (χ3n) is 12.5. The molecule has 4 fully saturated rings. The van der Waals surface area contributed by atoms with E-state index in [1.165, 1.54) is 6.42 Å². The summed E-state index contributed by atoms with van der Waals surface area (Å²) in [5, 5.41) is 43.5. The van der Waals surface area contributed by atoms with Gasteiger partial charge in [0.25, 0.3) is 0 Å². The minimum absolute atomic E-state index is 0.0380. The molecule has 0 saturated heterocycles. The molecule has 34 heavy (non-hydrogen) atoms. The molecule has 0 spiro atoms. The van der Waals surface area contributed by atoms with Crippen molar-refractivity contribution in [3.63, 3.8) is 0 Å². The quantitative estimate of drug-likeness (QED) is 0.397. The van der Waals surface area contributed by atoms with E-state index >= 15 is 0 Å². The first-order valence-electron chi connectivity index (χ1n) is 14.0. The van der Waals surface area contributed by atoms with Crippen LogP contribution in [0.4, 0.5) is 0 Å². The van der Waals surface area contributed by atoms with Crippen molar-refractivity contribution < 1.29 is 20.4 Å². The zero-order valence-corrected chi connectivity index (χ0v) is 22.9. The van der Waals surface area contributed by atoms with E-state index in [9.17, 15) is 20.4 Å². The van der Waals surface area contributed by atoms with Crippen molar-refractivity contribution in [3.05, 3.63) is 11.6 Å². The Hall–Kier alpha value is -0.420. The van der Waals surface area contributed by atoms with E-state index < -0.39 is 11.7 Å². The number of hydrogen-bond acceptors (Lipinski definition) is 4. The van der Waals surface area contributed by atoms with Crippen LogP contribution in [0.3, 0.4) is 0 Å². The average Bonchev–Trinajstić information content (AvgIpc) is 3.10. The monoisotopic (exact) mass is 476 g/mol. The number of hydrogen-bond donors (Lipinski definition) is 4. The molecule has 4 rings (SSSR count). The van der Waals surface area contributed by atoms with Crippen molar-refractivity contribution in [2.75, 3.05) is 6.61 Å². The lowest BCUT2D eigenvalue weighted by Gasteiger charge is -2.71. The van der Waals surface area contributed by atoms with Crippen molar-refractivity contribution in [2.24, 2.45) is 45.3 Å². The second-order valence-corrected chi connectivity index (χ2v) is 14.5. The summed E-state index contributed by atoms with van der Waals surface area (Å²) in [5.41, 5.74) is 0.172. The van der Waals surface area contributed by atoms with Gasteiger partial charge in [0.15, 0.2) is 0 Å². The molecule has 4 aliphatic carbocycles. The minimum Gasteiger partial charge on any atom is -0.393 e. The number of allylic oxidation sites excluding steroid dienone is 1. The van der Waals surface area contributed by atoms with Gasteiger partial charge in [0.1, 0.15) is 0 Å². The summed E-state index contributed by atoms with van der Waals surface area (Å²) in [5.74, 6) is 1.43. The summed E-state index contributed by atoms with van der Waals surface area (Å²) in [4.78, 5) is 0. The van der Waals surface area contributed by atoms with Gasteiger partial charge in [-0.2, -0.15) is 0 Å². The zero-order chi connectivity index (χ0) is 25.3. The van der Waals surface area contributed by atoms with Gasteiger partial charge in [0.05, 0.1) is 24.4 Å².